The Morgan fingerprint density at radius 1 is 1.29 bits per heavy atom. The molecule has 1 rings (SSSR count). The first-order valence-electron chi connectivity index (χ1n) is 3.76. The van der Waals surface area contributed by atoms with Crippen molar-refractivity contribution in [1.82, 2.24) is 0 Å². The number of alkyl halides is 3. The van der Waals surface area contributed by atoms with Crippen molar-refractivity contribution in [1.29, 1.82) is 0 Å². The van der Waals surface area contributed by atoms with Gasteiger partial charge in [-0.05, 0) is 6.07 Å². The van der Waals surface area contributed by atoms with Gasteiger partial charge in [0, 0.05) is 0 Å². The SMILES string of the molecule is [CH2-]Cc1cccc(C(F)(F)F)c1.[Zn+][Br]. The Morgan fingerprint density at radius 3 is 2.29 bits per heavy atom. The van der Waals surface area contributed by atoms with Crippen LogP contribution in [0.4, 0.5) is 13.2 Å². The predicted octanol–water partition coefficient (Wildman–Crippen LogP) is 3.93. The van der Waals surface area contributed by atoms with Crippen molar-refractivity contribution in [2.75, 3.05) is 0 Å². The molecule has 0 nitrogen and oxygen atoms in total. The van der Waals surface area contributed by atoms with Gasteiger partial charge in [0.15, 0.2) is 0 Å². The summed E-state index contributed by atoms with van der Waals surface area (Å²) >= 11 is 4.25. The summed E-state index contributed by atoms with van der Waals surface area (Å²) < 4.78 is 36.3. The molecule has 0 bridgehead atoms. The van der Waals surface area contributed by atoms with Gasteiger partial charge in [-0.25, -0.2) is 0 Å². The molecule has 0 fully saturated rings. The van der Waals surface area contributed by atoms with Crippen LogP contribution in [0.25, 0.3) is 0 Å². The van der Waals surface area contributed by atoms with Crippen molar-refractivity contribution in [2.24, 2.45) is 0 Å². The van der Waals surface area contributed by atoms with Gasteiger partial charge in [0.05, 0.1) is 5.56 Å². The summed E-state index contributed by atoms with van der Waals surface area (Å²) in [7, 11) is 0. The van der Waals surface area contributed by atoms with E-state index < -0.39 is 11.7 Å². The summed E-state index contributed by atoms with van der Waals surface area (Å²) in [5, 5.41) is 0. The van der Waals surface area contributed by atoms with E-state index in [9.17, 15) is 13.2 Å². The van der Waals surface area contributed by atoms with E-state index in [1.165, 1.54) is 22.4 Å². The Labute approximate surface area is 97.9 Å². The molecule has 0 amide bonds. The summed E-state index contributed by atoms with van der Waals surface area (Å²) in [6, 6.07) is 5.19. The molecule has 5 heteroatoms. The number of halogens is 4. The summed E-state index contributed by atoms with van der Waals surface area (Å²) in [6.45, 7) is 3.51. The Bertz CT molecular complexity index is 273. The summed E-state index contributed by atoms with van der Waals surface area (Å²) in [5.74, 6) is 0. The summed E-state index contributed by atoms with van der Waals surface area (Å²) in [6.07, 6.45) is -3.87. The summed E-state index contributed by atoms with van der Waals surface area (Å²) in [5.41, 5.74) is -0.00604. The minimum atomic E-state index is -4.24. The van der Waals surface area contributed by atoms with Gasteiger partial charge in [0.25, 0.3) is 0 Å². The van der Waals surface area contributed by atoms with Gasteiger partial charge >= 0.3 is 36.1 Å². The van der Waals surface area contributed by atoms with Gasteiger partial charge in [-0.3, -0.25) is 0 Å². The molecule has 0 aliphatic rings. The van der Waals surface area contributed by atoms with Crippen molar-refractivity contribution in [2.45, 2.75) is 12.6 Å². The van der Waals surface area contributed by atoms with Gasteiger partial charge in [0.1, 0.15) is 0 Å². The second-order valence-corrected chi connectivity index (χ2v) is 2.45. The van der Waals surface area contributed by atoms with Gasteiger partial charge in [-0.2, -0.15) is 19.6 Å². The van der Waals surface area contributed by atoms with Gasteiger partial charge < -0.3 is 6.92 Å². The van der Waals surface area contributed by atoms with Crippen LogP contribution in [0.2, 0.25) is 0 Å². The topological polar surface area (TPSA) is 0 Å². The maximum absolute atomic E-state index is 12.1. The number of hydrogen-bond donors (Lipinski definition) is 0. The minimum absolute atomic E-state index is 0.379. The molecule has 0 aromatic heterocycles. The van der Waals surface area contributed by atoms with Crippen LogP contribution < -0.4 is 0 Å². The zero-order valence-electron chi connectivity index (χ0n) is 7.44. The zero-order valence-corrected chi connectivity index (χ0v) is 12.0. The van der Waals surface area contributed by atoms with Gasteiger partial charge in [-0.15, -0.1) is 0 Å². The van der Waals surface area contributed by atoms with Crippen LogP contribution in [0.15, 0.2) is 24.3 Å². The number of hydrogen-bond acceptors (Lipinski definition) is 0. The van der Waals surface area contributed by atoms with Crippen LogP contribution in [0, 0.1) is 6.92 Å². The van der Waals surface area contributed by atoms with Crippen molar-refractivity contribution < 1.29 is 29.5 Å². The third kappa shape index (κ3) is 4.56. The molecular weight excluding hydrogens is 310 g/mol. The fourth-order valence-corrected chi connectivity index (χ4v) is 0.903. The van der Waals surface area contributed by atoms with E-state index in [1.54, 1.807) is 6.07 Å². The van der Waals surface area contributed by atoms with E-state index in [1.807, 2.05) is 0 Å². The molecule has 0 heterocycles. The van der Waals surface area contributed by atoms with Crippen LogP contribution in [-0.2, 0) is 28.9 Å². The zero-order chi connectivity index (χ0) is 11.2. The molecule has 0 aliphatic carbocycles. The number of benzene rings is 1. The van der Waals surface area contributed by atoms with Crippen molar-refractivity contribution >= 4 is 13.6 Å². The van der Waals surface area contributed by atoms with Crippen molar-refractivity contribution in [3.63, 3.8) is 0 Å². The quantitative estimate of drug-likeness (QED) is 0.544. The fraction of sp³-hybridized carbons (Fsp3) is 0.222. The average Bonchev–Trinajstić information content (AvgIpc) is 2.20. The Kier molecular flexibility index (Phi) is 6.62. The first-order chi connectivity index (χ1) is 6.54. The van der Waals surface area contributed by atoms with E-state index in [0.29, 0.717) is 12.0 Å². The van der Waals surface area contributed by atoms with Crippen LogP contribution in [0.3, 0.4) is 0 Å². The Hall–Kier alpha value is 0.113. The molecule has 0 atom stereocenters. The van der Waals surface area contributed by atoms with Crippen LogP contribution in [0.1, 0.15) is 11.1 Å². The van der Waals surface area contributed by atoms with Crippen LogP contribution in [0.5, 0.6) is 0 Å². The fourth-order valence-electron chi connectivity index (χ4n) is 0.903. The molecule has 0 spiro atoms. The maximum atomic E-state index is 12.1. The van der Waals surface area contributed by atoms with Crippen LogP contribution in [-0.4, -0.2) is 0 Å². The second kappa shape index (κ2) is 6.57. The Morgan fingerprint density at radius 2 is 1.86 bits per heavy atom. The molecular formula is C9H8BrF3Zn. The molecule has 0 N–H and O–H groups in total. The van der Waals surface area contributed by atoms with Gasteiger partial charge in [-0.1, -0.05) is 23.8 Å². The van der Waals surface area contributed by atoms with Crippen molar-refractivity contribution in [3.8, 4) is 0 Å². The molecule has 0 saturated heterocycles. The normalized spacial score (nSPS) is 10.5. The van der Waals surface area contributed by atoms with E-state index in [-0.39, 0.29) is 0 Å². The van der Waals surface area contributed by atoms with Crippen LogP contribution >= 0.6 is 13.6 Å². The molecule has 1 aromatic rings. The average molecular weight is 318 g/mol. The monoisotopic (exact) mass is 316 g/mol. The van der Waals surface area contributed by atoms with E-state index in [4.69, 9.17) is 0 Å². The predicted molar refractivity (Wildman–Crippen MR) is 49.4 cm³/mol. The molecule has 0 aliphatic heterocycles. The molecule has 0 radical (unpaired) electrons. The Balaban J connectivity index is 0.000000791. The third-order valence-corrected chi connectivity index (χ3v) is 1.54. The second-order valence-electron chi connectivity index (χ2n) is 2.45. The van der Waals surface area contributed by atoms with E-state index in [0.717, 1.165) is 12.1 Å². The van der Waals surface area contributed by atoms with Gasteiger partial charge in [0.2, 0.25) is 0 Å². The van der Waals surface area contributed by atoms with Crippen molar-refractivity contribution in [3.05, 3.63) is 42.3 Å². The molecule has 0 unspecified atom stereocenters. The first kappa shape index (κ1) is 14.1. The molecule has 14 heavy (non-hydrogen) atoms. The standard InChI is InChI=1S/C9H8F3.BrH.Zn/c1-2-7-4-3-5-8(6-7)9(10,11)12;;/h3-6H,1-2H2;1H;/q-1;;+2/p-1. The molecule has 0 saturated carbocycles. The first-order valence-corrected chi connectivity index (χ1v) is 10.7. The summed E-state index contributed by atoms with van der Waals surface area (Å²) in [4.78, 5) is 0. The van der Waals surface area contributed by atoms with E-state index >= 15 is 0 Å². The third-order valence-electron chi connectivity index (χ3n) is 1.54. The van der Waals surface area contributed by atoms with E-state index in [2.05, 4.69) is 20.5 Å². The number of rotatable bonds is 1. The molecule has 74 valence electrons. The molecule has 1 aromatic carbocycles.